The number of carbonyl (C=O) groups excluding carboxylic acids is 3. The smallest absolute Gasteiger partial charge is 0.308 e. The molecular formula is C21H20N2O6S2. The molecule has 0 aliphatic carbocycles. The van der Waals surface area contributed by atoms with Crippen LogP contribution in [-0.4, -0.2) is 41.8 Å². The van der Waals surface area contributed by atoms with E-state index in [4.69, 9.17) is 14.2 Å². The van der Waals surface area contributed by atoms with E-state index >= 15 is 0 Å². The van der Waals surface area contributed by atoms with Crippen LogP contribution in [0.4, 0.5) is 5.69 Å². The number of amides is 1. The molecule has 3 rings (SSSR count). The van der Waals surface area contributed by atoms with E-state index in [1.54, 1.807) is 30.3 Å². The van der Waals surface area contributed by atoms with Gasteiger partial charge in [-0.05, 0) is 42.5 Å². The molecule has 0 bridgehead atoms. The normalized spacial score (nSPS) is 10.5. The molecule has 0 fully saturated rings. The molecule has 0 spiro atoms. The predicted octanol–water partition coefficient (Wildman–Crippen LogP) is 3.89. The van der Waals surface area contributed by atoms with E-state index in [0.29, 0.717) is 29.5 Å². The maximum atomic E-state index is 12.2. The summed E-state index contributed by atoms with van der Waals surface area (Å²) in [5.74, 6) is 0.517. The van der Waals surface area contributed by atoms with Crippen molar-refractivity contribution >= 4 is 56.8 Å². The minimum Gasteiger partial charge on any atom is -0.484 e. The predicted molar refractivity (Wildman–Crippen MR) is 119 cm³/mol. The molecule has 10 heteroatoms. The Balaban J connectivity index is 1.50. The van der Waals surface area contributed by atoms with Crippen LogP contribution >= 0.6 is 23.1 Å². The molecule has 0 aliphatic heterocycles. The van der Waals surface area contributed by atoms with Crippen molar-refractivity contribution in [1.29, 1.82) is 0 Å². The van der Waals surface area contributed by atoms with Crippen LogP contribution < -0.4 is 14.8 Å². The minimum atomic E-state index is -0.404. The molecule has 0 saturated heterocycles. The number of benzene rings is 2. The summed E-state index contributed by atoms with van der Waals surface area (Å²) in [6.07, 6.45) is 0. The van der Waals surface area contributed by atoms with Crippen molar-refractivity contribution in [2.45, 2.75) is 18.2 Å². The van der Waals surface area contributed by atoms with Crippen molar-refractivity contribution in [3.8, 4) is 11.5 Å². The Labute approximate surface area is 186 Å². The van der Waals surface area contributed by atoms with E-state index in [0.717, 1.165) is 14.6 Å². The average Bonchev–Trinajstić information content (AvgIpc) is 3.12. The Morgan fingerprint density at radius 1 is 1.03 bits per heavy atom. The Bertz CT molecular complexity index is 1080. The van der Waals surface area contributed by atoms with Gasteiger partial charge in [0.05, 0.1) is 10.2 Å². The van der Waals surface area contributed by atoms with Crippen LogP contribution in [0.5, 0.6) is 11.5 Å². The standard InChI is InChI=1S/C21H20N2O6S2/c1-13(24)27-9-10-30-21-23-18-8-3-15(11-19(18)31-21)22-20(26)12-28-16-4-6-17(7-5-16)29-14(2)25/h3-8,11H,9-10,12H2,1-2H3,(H,22,26). The van der Waals surface area contributed by atoms with Crippen molar-refractivity contribution in [3.05, 3.63) is 42.5 Å². The van der Waals surface area contributed by atoms with Gasteiger partial charge >= 0.3 is 11.9 Å². The molecule has 1 aromatic heterocycles. The lowest BCUT2D eigenvalue weighted by atomic mass is 10.3. The Morgan fingerprint density at radius 2 is 1.77 bits per heavy atom. The molecule has 0 atom stereocenters. The second-order valence-corrected chi connectivity index (χ2v) is 8.63. The number of ether oxygens (including phenoxy) is 3. The number of thiazole rings is 1. The molecule has 162 valence electrons. The highest BCUT2D eigenvalue weighted by Gasteiger charge is 2.09. The number of fused-ring (bicyclic) bond motifs is 1. The first-order valence-electron chi connectivity index (χ1n) is 9.27. The van der Waals surface area contributed by atoms with Crippen LogP contribution in [-0.2, 0) is 19.1 Å². The first-order valence-corrected chi connectivity index (χ1v) is 11.1. The van der Waals surface area contributed by atoms with Crippen LogP contribution in [0.3, 0.4) is 0 Å². The number of anilines is 1. The van der Waals surface area contributed by atoms with E-state index in [1.807, 2.05) is 12.1 Å². The molecule has 0 unspecified atom stereocenters. The van der Waals surface area contributed by atoms with Gasteiger partial charge in [-0.3, -0.25) is 14.4 Å². The molecule has 2 aromatic carbocycles. The van der Waals surface area contributed by atoms with Gasteiger partial charge in [0.1, 0.15) is 18.1 Å². The summed E-state index contributed by atoms with van der Waals surface area (Å²) in [6, 6.07) is 11.9. The van der Waals surface area contributed by atoms with Crippen molar-refractivity contribution < 1.29 is 28.6 Å². The molecule has 1 N–H and O–H groups in total. The zero-order valence-electron chi connectivity index (χ0n) is 16.9. The summed E-state index contributed by atoms with van der Waals surface area (Å²) < 4.78 is 17.1. The first-order chi connectivity index (χ1) is 14.9. The zero-order chi connectivity index (χ0) is 22.2. The molecule has 0 radical (unpaired) electrons. The molecule has 0 aliphatic rings. The fourth-order valence-corrected chi connectivity index (χ4v) is 4.47. The summed E-state index contributed by atoms with van der Waals surface area (Å²) in [5.41, 5.74) is 1.48. The molecular weight excluding hydrogens is 440 g/mol. The topological polar surface area (TPSA) is 104 Å². The second kappa shape index (κ2) is 10.8. The lowest BCUT2D eigenvalue weighted by Crippen LogP contribution is -2.20. The van der Waals surface area contributed by atoms with Crippen LogP contribution in [0.2, 0.25) is 0 Å². The van der Waals surface area contributed by atoms with Crippen LogP contribution in [0.15, 0.2) is 46.8 Å². The first kappa shape index (κ1) is 22.6. The summed E-state index contributed by atoms with van der Waals surface area (Å²) in [6.45, 7) is 2.88. The van der Waals surface area contributed by atoms with Crippen molar-refractivity contribution in [1.82, 2.24) is 4.98 Å². The number of hydrogen-bond acceptors (Lipinski definition) is 9. The quantitative estimate of drug-likeness (QED) is 0.222. The zero-order valence-corrected chi connectivity index (χ0v) is 18.5. The maximum Gasteiger partial charge on any atom is 0.308 e. The molecule has 3 aromatic rings. The summed E-state index contributed by atoms with van der Waals surface area (Å²) in [4.78, 5) is 38.4. The highest BCUT2D eigenvalue weighted by molar-refractivity contribution is 8.01. The van der Waals surface area contributed by atoms with Gasteiger partial charge in [0.15, 0.2) is 10.9 Å². The molecule has 0 saturated carbocycles. The number of nitrogens with one attached hydrogen (secondary N) is 1. The van der Waals surface area contributed by atoms with Gasteiger partial charge < -0.3 is 19.5 Å². The van der Waals surface area contributed by atoms with Gasteiger partial charge in [0.25, 0.3) is 5.91 Å². The highest BCUT2D eigenvalue weighted by atomic mass is 32.2. The van der Waals surface area contributed by atoms with E-state index in [1.165, 1.54) is 36.9 Å². The lowest BCUT2D eigenvalue weighted by Gasteiger charge is -2.08. The van der Waals surface area contributed by atoms with Crippen LogP contribution in [0.25, 0.3) is 10.2 Å². The molecule has 8 nitrogen and oxygen atoms in total. The van der Waals surface area contributed by atoms with Crippen LogP contribution in [0.1, 0.15) is 13.8 Å². The van der Waals surface area contributed by atoms with Gasteiger partial charge in [-0.1, -0.05) is 11.8 Å². The van der Waals surface area contributed by atoms with E-state index in [9.17, 15) is 14.4 Å². The minimum absolute atomic E-state index is 0.162. The number of hydrogen-bond donors (Lipinski definition) is 1. The summed E-state index contributed by atoms with van der Waals surface area (Å²) >= 11 is 3.02. The SMILES string of the molecule is CC(=O)OCCSc1nc2ccc(NC(=O)COc3ccc(OC(C)=O)cc3)cc2s1. The Hall–Kier alpha value is -3.11. The van der Waals surface area contributed by atoms with E-state index in [2.05, 4.69) is 10.3 Å². The van der Waals surface area contributed by atoms with Gasteiger partial charge in [-0.15, -0.1) is 11.3 Å². The largest absolute Gasteiger partial charge is 0.484 e. The van der Waals surface area contributed by atoms with Crippen molar-refractivity contribution in [2.75, 3.05) is 24.3 Å². The molecule has 1 amide bonds. The monoisotopic (exact) mass is 460 g/mol. The third-order valence-corrected chi connectivity index (χ3v) is 5.85. The summed E-state index contributed by atoms with van der Waals surface area (Å²) in [5, 5.41) is 2.80. The second-order valence-electron chi connectivity index (χ2n) is 6.25. The van der Waals surface area contributed by atoms with Crippen molar-refractivity contribution in [3.63, 3.8) is 0 Å². The van der Waals surface area contributed by atoms with Gasteiger partial charge in [-0.2, -0.15) is 0 Å². The third-order valence-electron chi connectivity index (χ3n) is 3.72. The van der Waals surface area contributed by atoms with Gasteiger partial charge in [0, 0.05) is 25.3 Å². The highest BCUT2D eigenvalue weighted by Crippen LogP contribution is 2.31. The number of nitrogens with zero attached hydrogens (tertiary/aromatic N) is 1. The maximum absolute atomic E-state index is 12.2. The van der Waals surface area contributed by atoms with E-state index in [-0.39, 0.29) is 18.5 Å². The molecule has 1 heterocycles. The Morgan fingerprint density at radius 3 is 2.48 bits per heavy atom. The van der Waals surface area contributed by atoms with E-state index < -0.39 is 5.97 Å². The average molecular weight is 461 g/mol. The fourth-order valence-electron chi connectivity index (χ4n) is 2.47. The van der Waals surface area contributed by atoms with Gasteiger partial charge in [0.2, 0.25) is 0 Å². The summed E-state index contributed by atoms with van der Waals surface area (Å²) in [7, 11) is 0. The number of esters is 2. The number of carbonyl (C=O) groups is 3. The van der Waals surface area contributed by atoms with Crippen molar-refractivity contribution in [2.24, 2.45) is 0 Å². The number of thioether (sulfide) groups is 1. The fraction of sp³-hybridized carbons (Fsp3) is 0.238. The molecule has 31 heavy (non-hydrogen) atoms. The number of rotatable bonds is 9. The number of aromatic nitrogens is 1. The van der Waals surface area contributed by atoms with Crippen LogP contribution in [0, 0.1) is 0 Å². The third kappa shape index (κ3) is 7.26. The Kier molecular flexibility index (Phi) is 7.85. The lowest BCUT2D eigenvalue weighted by molar-refractivity contribution is -0.140. The van der Waals surface area contributed by atoms with Gasteiger partial charge in [-0.25, -0.2) is 4.98 Å².